The third-order valence-corrected chi connectivity index (χ3v) is 5.20. The van der Waals surface area contributed by atoms with Crippen LogP contribution < -0.4 is 10.2 Å². The zero-order valence-electron chi connectivity index (χ0n) is 16.9. The number of amides is 1. The summed E-state index contributed by atoms with van der Waals surface area (Å²) in [6.07, 6.45) is 2.32. The summed E-state index contributed by atoms with van der Waals surface area (Å²) in [5.74, 6) is 0.631. The highest BCUT2D eigenvalue weighted by molar-refractivity contribution is 5.93. The van der Waals surface area contributed by atoms with Crippen molar-refractivity contribution in [1.82, 2.24) is 14.9 Å². The van der Waals surface area contributed by atoms with Crippen molar-refractivity contribution in [2.45, 2.75) is 20.3 Å². The first kappa shape index (κ1) is 20.1. The van der Waals surface area contributed by atoms with E-state index < -0.39 is 0 Å². The number of hydrogen-bond acceptors (Lipinski definition) is 6. The molecule has 0 radical (unpaired) electrons. The smallest absolute Gasteiger partial charge is 0.272 e. The zero-order chi connectivity index (χ0) is 19.9. The van der Waals surface area contributed by atoms with Gasteiger partial charge >= 0.3 is 0 Å². The summed E-state index contributed by atoms with van der Waals surface area (Å²) in [5, 5.41) is 3.21. The second kappa shape index (κ2) is 9.50. The maximum atomic E-state index is 12.9. The molecule has 1 fully saturated rings. The van der Waals surface area contributed by atoms with E-state index in [1.165, 1.54) is 23.1 Å². The molecule has 1 aliphatic heterocycles. The molecule has 0 spiro atoms. The lowest BCUT2D eigenvalue weighted by Crippen LogP contribution is -2.49. The Balaban J connectivity index is 1.58. The summed E-state index contributed by atoms with van der Waals surface area (Å²) >= 11 is 0. The Morgan fingerprint density at radius 1 is 1.18 bits per heavy atom. The molecule has 7 nitrogen and oxygen atoms in total. The molecule has 0 atom stereocenters. The van der Waals surface area contributed by atoms with Crippen molar-refractivity contribution in [2.24, 2.45) is 0 Å². The molecular formula is C21H29N5O2. The van der Waals surface area contributed by atoms with Crippen LogP contribution >= 0.6 is 0 Å². The second-order valence-electron chi connectivity index (χ2n) is 7.06. The van der Waals surface area contributed by atoms with Crippen LogP contribution in [0, 0.1) is 13.8 Å². The summed E-state index contributed by atoms with van der Waals surface area (Å²) in [4.78, 5) is 25.5. The summed E-state index contributed by atoms with van der Waals surface area (Å²) in [6.45, 7) is 8.74. The van der Waals surface area contributed by atoms with Gasteiger partial charge in [0.1, 0.15) is 17.8 Å². The fourth-order valence-corrected chi connectivity index (χ4v) is 3.39. The molecule has 3 rings (SSSR count). The molecular weight excluding hydrogens is 354 g/mol. The lowest BCUT2D eigenvalue weighted by atomic mass is 10.1. The third kappa shape index (κ3) is 4.78. The highest BCUT2D eigenvalue weighted by Gasteiger charge is 2.24. The molecule has 1 aromatic heterocycles. The van der Waals surface area contributed by atoms with Gasteiger partial charge in [-0.25, -0.2) is 9.97 Å². The number of aryl methyl sites for hydroxylation is 1. The molecule has 150 valence electrons. The van der Waals surface area contributed by atoms with Gasteiger partial charge in [-0.15, -0.1) is 0 Å². The first-order chi connectivity index (χ1) is 13.6. The minimum Gasteiger partial charge on any atom is -0.385 e. The number of rotatable bonds is 7. The average molecular weight is 383 g/mol. The maximum Gasteiger partial charge on any atom is 0.272 e. The number of carbonyl (C=O) groups excluding carboxylic acids is 1. The van der Waals surface area contributed by atoms with Gasteiger partial charge in [-0.05, 0) is 37.5 Å². The van der Waals surface area contributed by atoms with E-state index in [1.807, 2.05) is 4.90 Å². The molecule has 0 aliphatic carbocycles. The van der Waals surface area contributed by atoms with Crippen LogP contribution in [-0.2, 0) is 4.74 Å². The topological polar surface area (TPSA) is 70.6 Å². The number of ether oxygens (including phenoxy) is 1. The Bertz CT molecular complexity index is 803. The number of anilines is 2. The van der Waals surface area contributed by atoms with Gasteiger partial charge in [0, 0.05) is 58.2 Å². The molecule has 1 N–H and O–H groups in total. The monoisotopic (exact) mass is 383 g/mol. The normalized spacial score (nSPS) is 14.2. The number of nitrogens with one attached hydrogen (secondary N) is 1. The zero-order valence-corrected chi connectivity index (χ0v) is 16.9. The SMILES string of the molecule is COCCCNc1cc(C(=O)N2CCN(c3cccc(C)c3C)CC2)ncn1. The van der Waals surface area contributed by atoms with E-state index in [0.717, 1.165) is 26.1 Å². The second-order valence-corrected chi connectivity index (χ2v) is 7.06. The van der Waals surface area contributed by atoms with Crippen LogP contribution in [0.4, 0.5) is 11.5 Å². The van der Waals surface area contributed by atoms with Crippen LogP contribution in [0.5, 0.6) is 0 Å². The first-order valence-corrected chi connectivity index (χ1v) is 9.75. The highest BCUT2D eigenvalue weighted by atomic mass is 16.5. The van der Waals surface area contributed by atoms with E-state index in [9.17, 15) is 4.79 Å². The number of piperazine rings is 1. The van der Waals surface area contributed by atoms with Crippen molar-refractivity contribution in [3.63, 3.8) is 0 Å². The van der Waals surface area contributed by atoms with Gasteiger partial charge in [-0.3, -0.25) is 4.79 Å². The van der Waals surface area contributed by atoms with Crippen molar-refractivity contribution < 1.29 is 9.53 Å². The summed E-state index contributed by atoms with van der Waals surface area (Å²) in [7, 11) is 1.68. The van der Waals surface area contributed by atoms with Gasteiger partial charge in [-0.2, -0.15) is 0 Å². The van der Waals surface area contributed by atoms with Crippen LogP contribution in [0.1, 0.15) is 28.0 Å². The van der Waals surface area contributed by atoms with Crippen molar-refractivity contribution in [3.8, 4) is 0 Å². The molecule has 1 saturated heterocycles. The van der Waals surface area contributed by atoms with Crippen LogP contribution in [0.2, 0.25) is 0 Å². The number of carbonyl (C=O) groups is 1. The number of methoxy groups -OCH3 is 1. The molecule has 0 unspecified atom stereocenters. The van der Waals surface area contributed by atoms with E-state index >= 15 is 0 Å². The number of benzene rings is 1. The Hall–Kier alpha value is -2.67. The van der Waals surface area contributed by atoms with Crippen molar-refractivity contribution in [2.75, 3.05) is 56.7 Å². The van der Waals surface area contributed by atoms with Gasteiger partial charge in [0.2, 0.25) is 0 Å². The largest absolute Gasteiger partial charge is 0.385 e. The molecule has 28 heavy (non-hydrogen) atoms. The van der Waals surface area contributed by atoms with Crippen molar-refractivity contribution in [1.29, 1.82) is 0 Å². The van der Waals surface area contributed by atoms with Crippen LogP contribution in [0.3, 0.4) is 0 Å². The first-order valence-electron chi connectivity index (χ1n) is 9.75. The van der Waals surface area contributed by atoms with Crippen LogP contribution in [0.15, 0.2) is 30.6 Å². The molecule has 0 saturated carbocycles. The molecule has 2 aromatic rings. The Morgan fingerprint density at radius 3 is 2.71 bits per heavy atom. The van der Waals surface area contributed by atoms with E-state index in [4.69, 9.17) is 4.74 Å². The summed E-state index contributed by atoms with van der Waals surface area (Å²) < 4.78 is 5.04. The lowest BCUT2D eigenvalue weighted by molar-refractivity contribution is 0.0740. The Labute approximate surface area is 166 Å². The van der Waals surface area contributed by atoms with E-state index in [1.54, 1.807) is 13.2 Å². The fraction of sp³-hybridized carbons (Fsp3) is 0.476. The number of nitrogens with zero attached hydrogens (tertiary/aromatic N) is 4. The minimum atomic E-state index is -0.0389. The standard InChI is InChI=1S/C21H29N5O2/c1-16-6-4-7-19(17(16)2)25-9-11-26(12-10-25)21(27)18-14-20(24-15-23-18)22-8-5-13-28-3/h4,6-7,14-15H,5,8-13H2,1-3H3,(H,22,23,24). The lowest BCUT2D eigenvalue weighted by Gasteiger charge is -2.37. The Kier molecular flexibility index (Phi) is 6.81. The van der Waals surface area contributed by atoms with Crippen LogP contribution in [0.25, 0.3) is 0 Å². The van der Waals surface area contributed by atoms with E-state index in [2.05, 4.69) is 52.2 Å². The molecule has 1 amide bonds. The quantitative estimate of drug-likeness (QED) is 0.741. The predicted molar refractivity (Wildman–Crippen MR) is 111 cm³/mol. The minimum absolute atomic E-state index is 0.0389. The van der Waals surface area contributed by atoms with Gasteiger partial charge in [0.05, 0.1) is 0 Å². The summed E-state index contributed by atoms with van der Waals surface area (Å²) in [6, 6.07) is 8.11. The van der Waals surface area contributed by atoms with Gasteiger partial charge < -0.3 is 19.9 Å². The third-order valence-electron chi connectivity index (χ3n) is 5.20. The average Bonchev–Trinajstić information content (AvgIpc) is 2.73. The predicted octanol–water partition coefficient (Wildman–Crippen LogP) is 2.50. The maximum absolute atomic E-state index is 12.9. The van der Waals surface area contributed by atoms with Crippen molar-refractivity contribution >= 4 is 17.4 Å². The molecule has 2 heterocycles. The van der Waals surface area contributed by atoms with Crippen LogP contribution in [-0.4, -0.2) is 67.2 Å². The molecule has 0 bridgehead atoms. The molecule has 7 heteroatoms. The van der Waals surface area contributed by atoms with E-state index in [0.29, 0.717) is 31.2 Å². The van der Waals surface area contributed by atoms with Gasteiger partial charge in [0.25, 0.3) is 5.91 Å². The molecule has 1 aromatic carbocycles. The van der Waals surface area contributed by atoms with Crippen molar-refractivity contribution in [3.05, 3.63) is 47.4 Å². The number of aromatic nitrogens is 2. The highest BCUT2D eigenvalue weighted by Crippen LogP contribution is 2.24. The summed E-state index contributed by atoms with van der Waals surface area (Å²) in [5.41, 5.74) is 4.30. The fourth-order valence-electron chi connectivity index (χ4n) is 3.39. The van der Waals surface area contributed by atoms with Gasteiger partial charge in [-0.1, -0.05) is 12.1 Å². The number of hydrogen-bond donors (Lipinski definition) is 1. The van der Waals surface area contributed by atoms with Gasteiger partial charge in [0.15, 0.2) is 0 Å². The van der Waals surface area contributed by atoms with E-state index in [-0.39, 0.29) is 5.91 Å². The molecule has 1 aliphatic rings. The Morgan fingerprint density at radius 2 is 1.96 bits per heavy atom.